The predicted octanol–water partition coefficient (Wildman–Crippen LogP) is 3.50. The first-order valence-corrected chi connectivity index (χ1v) is 7.30. The Balaban J connectivity index is 2.11. The summed E-state index contributed by atoms with van der Waals surface area (Å²) in [5.41, 5.74) is 8.42. The molecule has 0 bridgehead atoms. The monoisotopic (exact) mass is 262 g/mol. The molecule has 1 fully saturated rings. The first-order chi connectivity index (χ1) is 9.10. The van der Waals surface area contributed by atoms with Crippen molar-refractivity contribution in [2.45, 2.75) is 57.5 Å². The summed E-state index contributed by atoms with van der Waals surface area (Å²) >= 11 is 0. The van der Waals surface area contributed by atoms with Gasteiger partial charge >= 0.3 is 0 Å². The fourth-order valence-corrected chi connectivity index (χ4v) is 2.68. The topological polar surface area (TPSA) is 47.3 Å². The second-order valence-electron chi connectivity index (χ2n) is 5.87. The van der Waals surface area contributed by atoms with Crippen molar-refractivity contribution in [2.24, 2.45) is 5.73 Å². The van der Waals surface area contributed by atoms with Gasteiger partial charge < -0.3 is 15.8 Å². The van der Waals surface area contributed by atoms with Crippen molar-refractivity contribution in [3.63, 3.8) is 0 Å². The van der Waals surface area contributed by atoms with Gasteiger partial charge in [0, 0.05) is 12.1 Å². The standard InChI is InChI=1S/C16H26N2O/c1-11(2)12-4-9-16(19-3)15(10-12)18-14-7-5-13(17)6-8-14/h4,9-11,13-14,18H,5-8,17H2,1-3H3. The van der Waals surface area contributed by atoms with Gasteiger partial charge in [0.15, 0.2) is 0 Å². The maximum atomic E-state index is 5.96. The zero-order valence-electron chi connectivity index (χ0n) is 12.3. The van der Waals surface area contributed by atoms with Crippen LogP contribution in [-0.4, -0.2) is 19.2 Å². The molecule has 0 saturated heterocycles. The molecule has 1 saturated carbocycles. The van der Waals surface area contributed by atoms with E-state index < -0.39 is 0 Å². The Hall–Kier alpha value is -1.22. The Kier molecular flexibility index (Phi) is 4.70. The van der Waals surface area contributed by atoms with E-state index in [1.54, 1.807) is 7.11 Å². The third kappa shape index (κ3) is 3.63. The van der Waals surface area contributed by atoms with Crippen LogP contribution < -0.4 is 15.8 Å². The van der Waals surface area contributed by atoms with Gasteiger partial charge in [-0.1, -0.05) is 19.9 Å². The number of rotatable bonds is 4. The van der Waals surface area contributed by atoms with Crippen LogP contribution in [0.2, 0.25) is 0 Å². The van der Waals surface area contributed by atoms with Gasteiger partial charge in [-0.3, -0.25) is 0 Å². The Morgan fingerprint density at radius 3 is 2.47 bits per heavy atom. The molecule has 1 aliphatic rings. The fraction of sp³-hybridized carbons (Fsp3) is 0.625. The van der Waals surface area contributed by atoms with E-state index in [2.05, 4.69) is 37.4 Å². The summed E-state index contributed by atoms with van der Waals surface area (Å²) in [6, 6.07) is 7.34. The van der Waals surface area contributed by atoms with Crippen LogP contribution in [0.4, 0.5) is 5.69 Å². The minimum absolute atomic E-state index is 0.391. The molecule has 0 aromatic heterocycles. The molecule has 1 aromatic carbocycles. The van der Waals surface area contributed by atoms with Gasteiger partial charge in [-0.15, -0.1) is 0 Å². The van der Waals surface area contributed by atoms with E-state index >= 15 is 0 Å². The van der Waals surface area contributed by atoms with Gasteiger partial charge in [-0.2, -0.15) is 0 Å². The third-order valence-corrected chi connectivity index (χ3v) is 4.02. The van der Waals surface area contributed by atoms with Crippen molar-refractivity contribution in [3.8, 4) is 5.75 Å². The first kappa shape index (κ1) is 14.2. The van der Waals surface area contributed by atoms with Crippen molar-refractivity contribution >= 4 is 5.69 Å². The lowest BCUT2D eigenvalue weighted by atomic mass is 9.91. The van der Waals surface area contributed by atoms with Crippen molar-refractivity contribution in [3.05, 3.63) is 23.8 Å². The van der Waals surface area contributed by atoms with Crippen LogP contribution in [0.15, 0.2) is 18.2 Å². The summed E-state index contributed by atoms with van der Waals surface area (Å²) in [6.45, 7) is 4.43. The lowest BCUT2D eigenvalue weighted by Gasteiger charge is -2.28. The molecule has 1 aliphatic carbocycles. The first-order valence-electron chi connectivity index (χ1n) is 7.30. The van der Waals surface area contributed by atoms with Crippen molar-refractivity contribution in [2.75, 3.05) is 12.4 Å². The molecule has 0 unspecified atom stereocenters. The van der Waals surface area contributed by atoms with Crippen molar-refractivity contribution < 1.29 is 4.74 Å². The minimum Gasteiger partial charge on any atom is -0.495 e. The molecule has 0 atom stereocenters. The van der Waals surface area contributed by atoms with E-state index in [1.165, 1.54) is 5.56 Å². The molecule has 0 amide bonds. The fourth-order valence-electron chi connectivity index (χ4n) is 2.68. The van der Waals surface area contributed by atoms with Crippen LogP contribution in [0.1, 0.15) is 51.0 Å². The Morgan fingerprint density at radius 1 is 1.21 bits per heavy atom. The summed E-state index contributed by atoms with van der Waals surface area (Å²) in [7, 11) is 1.73. The molecule has 19 heavy (non-hydrogen) atoms. The minimum atomic E-state index is 0.391. The highest BCUT2D eigenvalue weighted by Crippen LogP contribution is 2.31. The smallest absolute Gasteiger partial charge is 0.141 e. The zero-order valence-corrected chi connectivity index (χ0v) is 12.3. The number of nitrogens with two attached hydrogens (primary N) is 1. The summed E-state index contributed by atoms with van der Waals surface area (Å²) in [6.07, 6.45) is 4.53. The van der Waals surface area contributed by atoms with E-state index in [9.17, 15) is 0 Å². The predicted molar refractivity (Wildman–Crippen MR) is 80.9 cm³/mol. The number of benzene rings is 1. The molecule has 0 spiro atoms. The second-order valence-corrected chi connectivity index (χ2v) is 5.87. The van der Waals surface area contributed by atoms with Crippen LogP contribution >= 0.6 is 0 Å². The molecular formula is C16H26N2O. The third-order valence-electron chi connectivity index (χ3n) is 4.02. The highest BCUT2D eigenvalue weighted by atomic mass is 16.5. The van der Waals surface area contributed by atoms with Gasteiger partial charge in [-0.05, 0) is 49.3 Å². The molecule has 3 nitrogen and oxygen atoms in total. The molecule has 2 rings (SSSR count). The Bertz CT molecular complexity index is 409. The highest BCUT2D eigenvalue weighted by Gasteiger charge is 2.19. The average molecular weight is 262 g/mol. The summed E-state index contributed by atoms with van der Waals surface area (Å²) < 4.78 is 5.46. The SMILES string of the molecule is COc1ccc(C(C)C)cc1NC1CCC(N)CC1. The zero-order chi connectivity index (χ0) is 13.8. The summed E-state index contributed by atoms with van der Waals surface area (Å²) in [5.74, 6) is 1.46. The van der Waals surface area contributed by atoms with Crippen LogP contribution in [0.5, 0.6) is 5.75 Å². The van der Waals surface area contributed by atoms with E-state index in [0.717, 1.165) is 37.1 Å². The number of nitrogens with one attached hydrogen (secondary N) is 1. The van der Waals surface area contributed by atoms with E-state index in [-0.39, 0.29) is 0 Å². The molecular weight excluding hydrogens is 236 g/mol. The Morgan fingerprint density at radius 2 is 1.89 bits per heavy atom. The van der Waals surface area contributed by atoms with Crippen molar-refractivity contribution in [1.29, 1.82) is 0 Å². The number of hydrogen-bond donors (Lipinski definition) is 2. The maximum absolute atomic E-state index is 5.96. The van der Waals surface area contributed by atoms with Gasteiger partial charge in [0.05, 0.1) is 12.8 Å². The number of anilines is 1. The number of hydrogen-bond acceptors (Lipinski definition) is 3. The Labute approximate surface area is 116 Å². The van der Waals surface area contributed by atoms with E-state index in [4.69, 9.17) is 10.5 Å². The molecule has 0 radical (unpaired) electrons. The van der Waals surface area contributed by atoms with Crippen LogP contribution in [0.25, 0.3) is 0 Å². The average Bonchev–Trinajstić information content (AvgIpc) is 2.41. The summed E-state index contributed by atoms with van der Waals surface area (Å²) in [5, 5.41) is 3.64. The molecule has 1 aromatic rings. The second kappa shape index (κ2) is 6.29. The summed E-state index contributed by atoms with van der Waals surface area (Å²) in [4.78, 5) is 0. The molecule has 3 heteroatoms. The quantitative estimate of drug-likeness (QED) is 0.873. The van der Waals surface area contributed by atoms with E-state index in [0.29, 0.717) is 18.0 Å². The maximum Gasteiger partial charge on any atom is 0.141 e. The van der Waals surface area contributed by atoms with Gasteiger partial charge in [0.25, 0.3) is 0 Å². The lowest BCUT2D eigenvalue weighted by Crippen LogP contribution is -2.32. The highest BCUT2D eigenvalue weighted by molar-refractivity contribution is 5.59. The van der Waals surface area contributed by atoms with E-state index in [1.807, 2.05) is 0 Å². The normalized spacial score (nSPS) is 23.4. The van der Waals surface area contributed by atoms with Gasteiger partial charge in [0.1, 0.15) is 5.75 Å². The molecule has 0 heterocycles. The van der Waals surface area contributed by atoms with Gasteiger partial charge in [-0.25, -0.2) is 0 Å². The van der Waals surface area contributed by atoms with Gasteiger partial charge in [0.2, 0.25) is 0 Å². The van der Waals surface area contributed by atoms with Crippen molar-refractivity contribution in [1.82, 2.24) is 0 Å². The van der Waals surface area contributed by atoms with Crippen LogP contribution in [-0.2, 0) is 0 Å². The number of methoxy groups -OCH3 is 1. The number of ether oxygens (including phenoxy) is 1. The lowest BCUT2D eigenvalue weighted by molar-refractivity contribution is 0.401. The van der Waals surface area contributed by atoms with Crippen LogP contribution in [0, 0.1) is 0 Å². The largest absolute Gasteiger partial charge is 0.495 e. The van der Waals surface area contributed by atoms with Crippen LogP contribution in [0.3, 0.4) is 0 Å². The molecule has 3 N–H and O–H groups in total. The molecule has 106 valence electrons. The molecule has 0 aliphatic heterocycles.